The SMILES string of the molecule is CC1(C)c2ccccc2-c2cccc(-c3cccc(N(c4ccc5c(c4)C4(c6ccccc6-5)C5CC6CC7CC4C675)c4ccccc4-c4cccc5cccc(C6CCCCC6)c45)c3)c21. The molecular weight excluding hydrogens is 783 g/mol. The molecule has 0 bridgehead atoms. The van der Waals surface area contributed by atoms with E-state index < -0.39 is 0 Å². The normalized spacial score (nSPS) is 26.6. The Bertz CT molecular complexity index is 3290. The average Bonchev–Trinajstić information content (AvgIpc) is 3.76. The molecule has 0 heterocycles. The number of hydrogen-bond donors (Lipinski definition) is 0. The van der Waals surface area contributed by atoms with Crippen molar-refractivity contribution in [1.29, 1.82) is 0 Å². The maximum Gasteiger partial charge on any atom is 0.0540 e. The summed E-state index contributed by atoms with van der Waals surface area (Å²) >= 11 is 0. The zero-order chi connectivity index (χ0) is 42.8. The van der Waals surface area contributed by atoms with Crippen LogP contribution in [0.1, 0.15) is 98.9 Å². The fourth-order valence-electron chi connectivity index (χ4n) is 16.7. The van der Waals surface area contributed by atoms with Gasteiger partial charge in [-0.25, -0.2) is 0 Å². The Balaban J connectivity index is 0.953. The molecule has 4 atom stereocenters. The van der Waals surface area contributed by atoms with Crippen LogP contribution in [0.15, 0.2) is 170 Å². The highest BCUT2D eigenvalue weighted by Crippen LogP contribution is 2.95. The molecule has 8 aromatic rings. The van der Waals surface area contributed by atoms with Crippen LogP contribution in [0.2, 0.25) is 0 Å². The average molecular weight is 838 g/mol. The quantitative estimate of drug-likeness (QED) is 0.161. The van der Waals surface area contributed by atoms with Gasteiger partial charge in [0.15, 0.2) is 0 Å². The molecule has 15 rings (SSSR count). The molecule has 5 fully saturated rings. The van der Waals surface area contributed by atoms with Crippen LogP contribution in [0.5, 0.6) is 0 Å². The Morgan fingerprint density at radius 2 is 1.08 bits per heavy atom. The lowest BCUT2D eigenvalue weighted by Gasteiger charge is -2.92. The third-order valence-electron chi connectivity index (χ3n) is 19.1. The number of benzene rings is 8. The van der Waals surface area contributed by atoms with Crippen molar-refractivity contribution < 1.29 is 0 Å². The van der Waals surface area contributed by atoms with Crippen molar-refractivity contribution in [3.8, 4) is 44.5 Å². The number of para-hydroxylation sites is 1. The summed E-state index contributed by atoms with van der Waals surface area (Å²) < 4.78 is 0. The van der Waals surface area contributed by atoms with Gasteiger partial charge in [0.2, 0.25) is 0 Å². The minimum Gasteiger partial charge on any atom is -0.310 e. The van der Waals surface area contributed by atoms with Gasteiger partial charge in [-0.2, -0.15) is 0 Å². The van der Waals surface area contributed by atoms with Crippen LogP contribution < -0.4 is 4.90 Å². The van der Waals surface area contributed by atoms with Crippen molar-refractivity contribution in [2.24, 2.45) is 29.1 Å². The van der Waals surface area contributed by atoms with Crippen molar-refractivity contribution in [2.45, 2.75) is 82.0 Å². The molecule has 4 unspecified atom stereocenters. The first-order chi connectivity index (χ1) is 32.0. The van der Waals surface area contributed by atoms with Crippen molar-refractivity contribution in [2.75, 3.05) is 4.90 Å². The van der Waals surface area contributed by atoms with Crippen molar-refractivity contribution >= 4 is 27.8 Å². The second-order valence-corrected chi connectivity index (χ2v) is 21.7. The molecule has 0 N–H and O–H groups in total. The van der Waals surface area contributed by atoms with Crippen LogP contribution in [0.25, 0.3) is 55.3 Å². The molecule has 1 nitrogen and oxygen atoms in total. The summed E-state index contributed by atoms with van der Waals surface area (Å²) in [6.45, 7) is 4.83. The highest BCUT2D eigenvalue weighted by atomic mass is 15.1. The van der Waals surface area contributed by atoms with E-state index in [1.54, 1.807) is 11.1 Å². The number of fused-ring (bicyclic) bond motifs is 11. The van der Waals surface area contributed by atoms with E-state index in [1.165, 1.54) is 140 Å². The third-order valence-corrected chi connectivity index (χ3v) is 19.1. The minimum absolute atomic E-state index is 0.111. The molecule has 65 heavy (non-hydrogen) atoms. The maximum absolute atomic E-state index is 2.68. The first-order valence-corrected chi connectivity index (χ1v) is 25.0. The highest BCUT2D eigenvalue weighted by molar-refractivity contribution is 6.04. The largest absolute Gasteiger partial charge is 0.310 e. The first kappa shape index (κ1) is 37.1. The fourth-order valence-corrected chi connectivity index (χ4v) is 16.7. The number of nitrogens with zero attached hydrogens (tertiary/aromatic N) is 1. The molecule has 0 aromatic heterocycles. The number of hydrogen-bond acceptors (Lipinski definition) is 1. The molecule has 0 aliphatic heterocycles. The lowest BCUT2D eigenvalue weighted by atomic mass is 9.11. The van der Waals surface area contributed by atoms with Crippen LogP contribution in [-0.2, 0) is 10.8 Å². The van der Waals surface area contributed by atoms with Gasteiger partial charge >= 0.3 is 0 Å². The predicted octanol–water partition coefficient (Wildman–Crippen LogP) is 16.9. The summed E-state index contributed by atoms with van der Waals surface area (Å²) in [5, 5.41) is 2.78. The van der Waals surface area contributed by atoms with Gasteiger partial charge < -0.3 is 4.90 Å². The fraction of sp³-hybridized carbons (Fsp3) is 0.281. The van der Waals surface area contributed by atoms with Gasteiger partial charge in [0.05, 0.1) is 5.69 Å². The third kappa shape index (κ3) is 4.51. The predicted molar refractivity (Wildman–Crippen MR) is 269 cm³/mol. The Hall–Kier alpha value is -6.18. The van der Waals surface area contributed by atoms with Crippen molar-refractivity contribution in [3.63, 3.8) is 0 Å². The number of rotatable bonds is 6. The standard InChI is InChI=1S/C64H55N/c1-62(2)54-29-9-6-23-49(54)53-28-15-26-47(61(53)62)41-20-12-21-44(34-41)65(57-31-11-8-24-51(57)52-27-14-19-40-18-13-25-46(60(40)52)39-16-4-3-5-17-39)45-32-33-50-48-22-7-10-30-55(48)64(56(50)38-45)58-36-42-35-43-37-59(64)63(42,43)58/h6-15,18-34,38-39,42-43,58-59H,3-5,16-17,35-37H2,1-2H3. The summed E-state index contributed by atoms with van der Waals surface area (Å²) in [5.41, 5.74) is 22.9. The highest BCUT2D eigenvalue weighted by Gasteiger charge is 2.90. The topological polar surface area (TPSA) is 3.24 Å². The van der Waals surface area contributed by atoms with Crippen LogP contribution in [0, 0.1) is 29.1 Å². The second-order valence-electron chi connectivity index (χ2n) is 21.7. The Morgan fingerprint density at radius 1 is 0.462 bits per heavy atom. The Labute approximate surface area is 384 Å². The van der Waals surface area contributed by atoms with Crippen LogP contribution in [0.3, 0.4) is 0 Å². The molecule has 316 valence electrons. The van der Waals surface area contributed by atoms with Gasteiger partial charge in [0.1, 0.15) is 0 Å². The van der Waals surface area contributed by atoms with E-state index in [2.05, 4.69) is 189 Å². The van der Waals surface area contributed by atoms with E-state index in [0.717, 1.165) is 23.7 Å². The maximum atomic E-state index is 2.68. The smallest absolute Gasteiger partial charge is 0.0540 e. The zero-order valence-electron chi connectivity index (χ0n) is 37.7. The van der Waals surface area contributed by atoms with Gasteiger partial charge in [-0.15, -0.1) is 0 Å². The van der Waals surface area contributed by atoms with Crippen LogP contribution >= 0.6 is 0 Å². The van der Waals surface area contributed by atoms with Crippen LogP contribution in [0.4, 0.5) is 17.1 Å². The molecule has 7 aliphatic carbocycles. The van der Waals surface area contributed by atoms with Gasteiger partial charge in [-0.1, -0.05) is 173 Å². The van der Waals surface area contributed by atoms with Crippen LogP contribution in [-0.4, -0.2) is 0 Å². The van der Waals surface area contributed by atoms with E-state index in [9.17, 15) is 0 Å². The second kappa shape index (κ2) is 13.0. The Morgan fingerprint density at radius 3 is 1.88 bits per heavy atom. The molecule has 5 saturated carbocycles. The van der Waals surface area contributed by atoms with Crippen molar-refractivity contribution in [3.05, 3.63) is 198 Å². The number of anilines is 3. The van der Waals surface area contributed by atoms with Crippen molar-refractivity contribution in [1.82, 2.24) is 0 Å². The zero-order valence-corrected chi connectivity index (χ0v) is 37.7. The molecule has 8 aromatic carbocycles. The first-order valence-electron chi connectivity index (χ1n) is 25.0. The monoisotopic (exact) mass is 837 g/mol. The van der Waals surface area contributed by atoms with E-state index in [0.29, 0.717) is 11.3 Å². The summed E-state index contributed by atoms with van der Waals surface area (Å²) in [5.74, 6) is 4.11. The minimum atomic E-state index is -0.111. The summed E-state index contributed by atoms with van der Waals surface area (Å²) in [4.78, 5) is 2.64. The molecule has 1 heteroatoms. The molecule has 0 saturated heterocycles. The molecule has 0 radical (unpaired) electrons. The van der Waals surface area contributed by atoms with E-state index in [-0.39, 0.29) is 10.8 Å². The lowest BCUT2D eigenvalue weighted by molar-refractivity contribution is -0.412. The molecule has 2 spiro atoms. The lowest BCUT2D eigenvalue weighted by Crippen LogP contribution is -2.88. The molecular formula is C64H55N. The summed E-state index contributed by atoms with van der Waals surface area (Å²) in [7, 11) is 0. The molecule has 7 aliphatic rings. The van der Waals surface area contributed by atoms with E-state index in [4.69, 9.17) is 0 Å². The van der Waals surface area contributed by atoms with Gasteiger partial charge in [0, 0.05) is 27.8 Å². The van der Waals surface area contributed by atoms with Gasteiger partial charge in [-0.3, -0.25) is 0 Å². The van der Waals surface area contributed by atoms with Gasteiger partial charge in [0.25, 0.3) is 0 Å². The van der Waals surface area contributed by atoms with E-state index >= 15 is 0 Å². The molecule has 0 amide bonds. The van der Waals surface area contributed by atoms with E-state index in [1.807, 2.05) is 0 Å². The summed E-state index contributed by atoms with van der Waals surface area (Å²) in [6, 6.07) is 66.3. The summed E-state index contributed by atoms with van der Waals surface area (Å²) in [6.07, 6.45) is 10.9. The Kier molecular flexibility index (Phi) is 7.42. The van der Waals surface area contributed by atoms with Gasteiger partial charge in [-0.05, 0) is 175 Å².